The molecule has 0 aliphatic heterocycles. The lowest BCUT2D eigenvalue weighted by Gasteiger charge is -2.12. The van der Waals surface area contributed by atoms with Gasteiger partial charge in [0.15, 0.2) is 0 Å². The lowest BCUT2D eigenvalue weighted by Crippen LogP contribution is -2.14. The molecule has 0 unspecified atom stereocenters. The molecule has 0 fully saturated rings. The van der Waals surface area contributed by atoms with Crippen molar-refractivity contribution in [1.82, 2.24) is 0 Å². The van der Waals surface area contributed by atoms with Crippen molar-refractivity contribution in [2.45, 2.75) is 24.7 Å². The summed E-state index contributed by atoms with van der Waals surface area (Å²) in [6, 6.07) is 14.2. The molecule has 0 aliphatic carbocycles. The maximum atomic E-state index is 12.5. The van der Waals surface area contributed by atoms with Crippen molar-refractivity contribution in [3.05, 3.63) is 72.0 Å². The largest absolute Gasteiger partial charge is 0.505 e. The third kappa shape index (κ3) is 4.86. The van der Waals surface area contributed by atoms with E-state index in [9.17, 15) is 8.42 Å². The van der Waals surface area contributed by atoms with E-state index in [0.29, 0.717) is 5.69 Å². The predicted molar refractivity (Wildman–Crippen MR) is 92.9 cm³/mol. The van der Waals surface area contributed by atoms with Crippen LogP contribution >= 0.6 is 0 Å². The fourth-order valence-corrected chi connectivity index (χ4v) is 3.26. The highest BCUT2D eigenvalue weighted by atomic mass is 32.2. The molecule has 23 heavy (non-hydrogen) atoms. The van der Waals surface area contributed by atoms with Gasteiger partial charge in [0.2, 0.25) is 0 Å². The van der Waals surface area contributed by atoms with Gasteiger partial charge in [-0.2, -0.15) is 0 Å². The van der Waals surface area contributed by atoms with Crippen LogP contribution in [0.2, 0.25) is 0 Å². The van der Waals surface area contributed by atoms with Crippen LogP contribution in [0.25, 0.3) is 0 Å². The number of benzene rings is 2. The van der Waals surface area contributed by atoms with Gasteiger partial charge in [0, 0.05) is 0 Å². The quantitative estimate of drug-likeness (QED) is 0.783. The van der Waals surface area contributed by atoms with Crippen LogP contribution in [-0.2, 0) is 21.2 Å². The number of aryl methyl sites for hydroxylation is 2. The number of allylic oxidation sites excluding steroid dienone is 1. The molecule has 0 bridgehead atoms. The van der Waals surface area contributed by atoms with E-state index < -0.39 is 10.0 Å². The molecule has 122 valence electrons. The summed E-state index contributed by atoms with van der Waals surface area (Å²) in [5.41, 5.74) is 2.58. The number of methoxy groups -OCH3 is 1. The summed E-state index contributed by atoms with van der Waals surface area (Å²) in [6.45, 7) is 1.92. The number of hydrogen-bond donors (Lipinski definition) is 1. The minimum absolute atomic E-state index is 0.261. The van der Waals surface area contributed by atoms with Crippen molar-refractivity contribution in [2.75, 3.05) is 11.8 Å². The molecule has 0 saturated heterocycles. The molecular formula is C18H21NO3S. The molecule has 2 aromatic carbocycles. The van der Waals surface area contributed by atoms with Crippen LogP contribution in [0.3, 0.4) is 0 Å². The second kappa shape index (κ2) is 7.83. The van der Waals surface area contributed by atoms with Crippen LogP contribution in [0, 0.1) is 6.92 Å². The molecule has 4 nitrogen and oxygen atoms in total. The Bertz CT molecular complexity index is 765. The zero-order chi connectivity index (χ0) is 16.7. The predicted octanol–water partition coefficient (Wildman–Crippen LogP) is 3.89. The van der Waals surface area contributed by atoms with Gasteiger partial charge in [0.05, 0.1) is 24.0 Å². The number of nitrogens with one attached hydrogen (secondary N) is 1. The number of hydrogen-bond acceptors (Lipinski definition) is 3. The van der Waals surface area contributed by atoms with Gasteiger partial charge in [0.25, 0.3) is 10.0 Å². The summed E-state index contributed by atoms with van der Waals surface area (Å²) in [4.78, 5) is 0.261. The first kappa shape index (κ1) is 17.1. The molecule has 0 spiro atoms. The fraction of sp³-hybridized carbons (Fsp3) is 0.222. The molecule has 0 radical (unpaired) electrons. The molecule has 1 N–H and O–H groups in total. The van der Waals surface area contributed by atoms with E-state index in [2.05, 4.69) is 4.72 Å². The minimum Gasteiger partial charge on any atom is -0.505 e. The van der Waals surface area contributed by atoms with E-state index in [1.165, 1.54) is 0 Å². The summed E-state index contributed by atoms with van der Waals surface area (Å²) >= 11 is 0. The van der Waals surface area contributed by atoms with Gasteiger partial charge in [-0.1, -0.05) is 35.9 Å². The van der Waals surface area contributed by atoms with Crippen LogP contribution in [0.1, 0.15) is 17.5 Å². The van der Waals surface area contributed by atoms with E-state index in [0.717, 1.165) is 24.0 Å². The van der Waals surface area contributed by atoms with Crippen LogP contribution in [0.4, 0.5) is 5.69 Å². The van der Waals surface area contributed by atoms with Crippen molar-refractivity contribution in [2.24, 2.45) is 0 Å². The maximum Gasteiger partial charge on any atom is 0.261 e. The van der Waals surface area contributed by atoms with Crippen molar-refractivity contribution in [3.8, 4) is 0 Å². The minimum atomic E-state index is -3.58. The second-order valence-corrected chi connectivity index (χ2v) is 6.90. The molecular weight excluding hydrogens is 310 g/mol. The van der Waals surface area contributed by atoms with Crippen LogP contribution in [-0.4, -0.2) is 15.5 Å². The zero-order valence-electron chi connectivity index (χ0n) is 13.3. The van der Waals surface area contributed by atoms with Gasteiger partial charge in [-0.15, -0.1) is 0 Å². The van der Waals surface area contributed by atoms with Gasteiger partial charge in [-0.05, 0) is 49.6 Å². The second-order valence-electron chi connectivity index (χ2n) is 5.22. The number of para-hydroxylation sites is 1. The molecule has 0 amide bonds. The Morgan fingerprint density at radius 2 is 1.78 bits per heavy atom. The van der Waals surface area contributed by atoms with E-state index in [4.69, 9.17) is 4.74 Å². The third-order valence-corrected chi connectivity index (χ3v) is 4.79. The SMILES string of the molecule is COC=CCCc1ccccc1NS(=O)(=O)c1ccc(C)cc1. The molecule has 2 aromatic rings. The number of anilines is 1. The number of sulfonamides is 1. The van der Waals surface area contributed by atoms with Gasteiger partial charge >= 0.3 is 0 Å². The van der Waals surface area contributed by atoms with Crippen molar-refractivity contribution >= 4 is 15.7 Å². The molecule has 0 aliphatic rings. The van der Waals surface area contributed by atoms with Gasteiger partial charge in [-0.3, -0.25) is 4.72 Å². The van der Waals surface area contributed by atoms with Gasteiger partial charge in [-0.25, -0.2) is 8.42 Å². The normalized spacial score (nSPS) is 11.6. The summed E-state index contributed by atoms with van der Waals surface area (Å²) in [7, 11) is -1.98. The van der Waals surface area contributed by atoms with Crippen LogP contribution in [0.15, 0.2) is 65.8 Å². The first-order valence-electron chi connectivity index (χ1n) is 7.38. The highest BCUT2D eigenvalue weighted by Gasteiger charge is 2.15. The lowest BCUT2D eigenvalue weighted by atomic mass is 10.1. The van der Waals surface area contributed by atoms with Crippen molar-refractivity contribution < 1.29 is 13.2 Å². The van der Waals surface area contributed by atoms with Crippen LogP contribution < -0.4 is 4.72 Å². The summed E-state index contributed by atoms with van der Waals surface area (Å²) < 4.78 is 32.5. The Balaban J connectivity index is 2.18. The topological polar surface area (TPSA) is 55.4 Å². The first-order chi connectivity index (χ1) is 11.0. The monoisotopic (exact) mass is 331 g/mol. The average molecular weight is 331 g/mol. The van der Waals surface area contributed by atoms with Crippen molar-refractivity contribution in [3.63, 3.8) is 0 Å². The molecule has 5 heteroatoms. The number of rotatable bonds is 7. The fourth-order valence-electron chi connectivity index (χ4n) is 2.16. The van der Waals surface area contributed by atoms with Gasteiger partial charge < -0.3 is 4.74 Å². The van der Waals surface area contributed by atoms with Crippen molar-refractivity contribution in [1.29, 1.82) is 0 Å². The Hall–Kier alpha value is -2.27. The molecule has 2 rings (SSSR count). The van der Waals surface area contributed by atoms with Gasteiger partial charge in [0.1, 0.15) is 0 Å². The standard InChI is InChI=1S/C18H21NO3S/c1-15-10-12-17(13-11-15)23(20,21)19-18-9-4-3-7-16(18)8-5-6-14-22-2/h3-4,6-7,9-14,19H,5,8H2,1-2H3. The zero-order valence-corrected chi connectivity index (χ0v) is 14.1. The maximum absolute atomic E-state index is 12.5. The van der Waals surface area contributed by atoms with E-state index in [-0.39, 0.29) is 4.90 Å². The van der Waals surface area contributed by atoms with E-state index >= 15 is 0 Å². The van der Waals surface area contributed by atoms with Crippen LogP contribution in [0.5, 0.6) is 0 Å². The summed E-state index contributed by atoms with van der Waals surface area (Å²) in [5.74, 6) is 0. The Morgan fingerprint density at radius 1 is 1.09 bits per heavy atom. The Labute approximate surface area is 137 Å². The van der Waals surface area contributed by atoms with E-state index in [1.807, 2.05) is 31.2 Å². The molecule has 0 aromatic heterocycles. The summed E-state index contributed by atoms with van der Waals surface area (Å²) in [5, 5.41) is 0. The third-order valence-electron chi connectivity index (χ3n) is 3.41. The highest BCUT2D eigenvalue weighted by Crippen LogP contribution is 2.21. The highest BCUT2D eigenvalue weighted by molar-refractivity contribution is 7.92. The lowest BCUT2D eigenvalue weighted by molar-refractivity contribution is 0.336. The smallest absolute Gasteiger partial charge is 0.261 e. The summed E-state index contributed by atoms with van der Waals surface area (Å²) in [6.07, 6.45) is 5.04. The Morgan fingerprint density at radius 3 is 2.48 bits per heavy atom. The molecule has 0 saturated carbocycles. The molecule has 0 atom stereocenters. The Kier molecular flexibility index (Phi) is 5.82. The first-order valence-corrected chi connectivity index (χ1v) is 8.86. The van der Waals surface area contributed by atoms with E-state index in [1.54, 1.807) is 43.7 Å². The average Bonchev–Trinajstić information content (AvgIpc) is 2.53. The molecule has 0 heterocycles. The number of ether oxygens (including phenoxy) is 1.